The Hall–Kier alpha value is -3.28. The van der Waals surface area contributed by atoms with Crippen LogP contribution in [0, 0.1) is 0 Å². The van der Waals surface area contributed by atoms with E-state index in [1.165, 1.54) is 6.08 Å². The van der Waals surface area contributed by atoms with E-state index in [1.807, 2.05) is 36.4 Å². The van der Waals surface area contributed by atoms with Crippen LogP contribution in [-0.4, -0.2) is 31.1 Å². The molecule has 0 unspecified atom stereocenters. The molecule has 2 aromatic carbocycles. The van der Waals surface area contributed by atoms with Crippen molar-refractivity contribution in [3.63, 3.8) is 0 Å². The van der Waals surface area contributed by atoms with E-state index >= 15 is 0 Å². The molecule has 150 valence electrons. The highest BCUT2D eigenvalue weighted by molar-refractivity contribution is 5.91. The van der Waals surface area contributed by atoms with Gasteiger partial charge in [-0.3, -0.25) is 4.79 Å². The molecule has 0 radical (unpaired) electrons. The first-order valence-corrected chi connectivity index (χ1v) is 9.83. The molecule has 1 aliphatic heterocycles. The topological polar surface area (TPSA) is 73.9 Å². The van der Waals surface area contributed by atoms with Gasteiger partial charge in [-0.25, -0.2) is 4.79 Å². The van der Waals surface area contributed by atoms with E-state index in [2.05, 4.69) is 5.32 Å². The van der Waals surface area contributed by atoms with E-state index in [0.29, 0.717) is 30.3 Å². The average Bonchev–Trinajstić information content (AvgIpc) is 3.57. The minimum atomic E-state index is -0.974. The molecule has 0 bridgehead atoms. The Morgan fingerprint density at radius 3 is 2.55 bits per heavy atom. The molecule has 1 amide bonds. The van der Waals surface area contributed by atoms with Gasteiger partial charge in [0.15, 0.2) is 11.5 Å². The van der Waals surface area contributed by atoms with Crippen LogP contribution in [-0.2, 0) is 14.3 Å². The summed E-state index contributed by atoms with van der Waals surface area (Å²) in [4.78, 5) is 25.0. The van der Waals surface area contributed by atoms with Crippen molar-refractivity contribution in [2.75, 3.05) is 13.2 Å². The van der Waals surface area contributed by atoms with Crippen molar-refractivity contribution in [3.05, 3.63) is 65.7 Å². The second-order valence-electron chi connectivity index (χ2n) is 7.10. The lowest BCUT2D eigenvalue weighted by molar-refractivity contribution is -0.151. The number of carbonyl (C=O) groups excluding carboxylic acids is 2. The highest BCUT2D eigenvalue weighted by atomic mass is 16.5. The van der Waals surface area contributed by atoms with Crippen LogP contribution >= 0.6 is 0 Å². The van der Waals surface area contributed by atoms with E-state index < -0.39 is 12.1 Å². The molecule has 4 rings (SSSR count). The first-order valence-electron chi connectivity index (χ1n) is 9.83. The smallest absolute Gasteiger partial charge is 0.331 e. The first-order chi connectivity index (χ1) is 14.2. The number of benzene rings is 2. The van der Waals surface area contributed by atoms with Crippen LogP contribution in [0.4, 0.5) is 0 Å². The summed E-state index contributed by atoms with van der Waals surface area (Å²) >= 11 is 0. The third kappa shape index (κ3) is 5.16. The molecule has 1 saturated carbocycles. The number of amides is 1. The Morgan fingerprint density at radius 1 is 1.03 bits per heavy atom. The van der Waals surface area contributed by atoms with Crippen LogP contribution < -0.4 is 14.8 Å². The van der Waals surface area contributed by atoms with Gasteiger partial charge >= 0.3 is 5.97 Å². The zero-order valence-electron chi connectivity index (χ0n) is 16.0. The van der Waals surface area contributed by atoms with Crippen LogP contribution in [0.3, 0.4) is 0 Å². The van der Waals surface area contributed by atoms with Gasteiger partial charge in [-0.1, -0.05) is 36.4 Å². The molecule has 0 saturated heterocycles. The fourth-order valence-corrected chi connectivity index (χ4v) is 3.01. The lowest BCUT2D eigenvalue weighted by Gasteiger charge is -2.17. The Morgan fingerprint density at radius 2 is 1.79 bits per heavy atom. The molecule has 0 aromatic heterocycles. The highest BCUT2D eigenvalue weighted by Crippen LogP contribution is 2.31. The van der Waals surface area contributed by atoms with E-state index in [0.717, 1.165) is 24.8 Å². The molecular weight excluding hydrogens is 370 g/mol. The summed E-state index contributed by atoms with van der Waals surface area (Å²) in [6, 6.07) is 14.7. The predicted octanol–water partition coefficient (Wildman–Crippen LogP) is 3.42. The second kappa shape index (κ2) is 8.82. The molecule has 2 aromatic rings. The normalized spacial score (nSPS) is 16.7. The summed E-state index contributed by atoms with van der Waals surface area (Å²) in [5.74, 6) is 0.472. The van der Waals surface area contributed by atoms with Crippen molar-refractivity contribution in [2.45, 2.75) is 31.4 Å². The molecule has 2 aliphatic rings. The molecule has 6 heteroatoms. The van der Waals surface area contributed by atoms with E-state index in [4.69, 9.17) is 14.2 Å². The van der Waals surface area contributed by atoms with E-state index in [-0.39, 0.29) is 11.9 Å². The summed E-state index contributed by atoms with van der Waals surface area (Å²) in [7, 11) is 0. The van der Waals surface area contributed by atoms with Gasteiger partial charge in [0.1, 0.15) is 0 Å². The molecule has 1 aliphatic carbocycles. The van der Waals surface area contributed by atoms with Gasteiger partial charge in [0.05, 0.1) is 13.2 Å². The van der Waals surface area contributed by atoms with Crippen molar-refractivity contribution in [2.24, 2.45) is 0 Å². The number of rotatable bonds is 6. The minimum Gasteiger partial charge on any atom is -0.490 e. The third-order valence-electron chi connectivity index (χ3n) is 4.68. The second-order valence-corrected chi connectivity index (χ2v) is 7.10. The van der Waals surface area contributed by atoms with E-state index in [1.54, 1.807) is 18.2 Å². The number of ether oxygens (including phenoxy) is 3. The van der Waals surface area contributed by atoms with Gasteiger partial charge in [0.25, 0.3) is 5.91 Å². The molecule has 1 N–H and O–H groups in total. The quantitative estimate of drug-likeness (QED) is 0.601. The molecule has 6 nitrogen and oxygen atoms in total. The average molecular weight is 393 g/mol. The van der Waals surface area contributed by atoms with Crippen molar-refractivity contribution in [1.29, 1.82) is 0 Å². The SMILES string of the molecule is O=C(/C=C/c1ccc2c(c1)OCCCO2)O[C@@H](C(=O)NC1CC1)c1ccccc1. The maximum Gasteiger partial charge on any atom is 0.331 e. The number of esters is 1. The van der Waals surface area contributed by atoms with Crippen LogP contribution in [0.1, 0.15) is 36.5 Å². The van der Waals surface area contributed by atoms with Gasteiger partial charge in [0.2, 0.25) is 6.10 Å². The fourth-order valence-electron chi connectivity index (χ4n) is 3.01. The number of carbonyl (C=O) groups is 2. The van der Waals surface area contributed by atoms with Crippen molar-refractivity contribution in [3.8, 4) is 11.5 Å². The molecule has 1 atom stereocenters. The maximum atomic E-state index is 12.6. The number of hydrogen-bond acceptors (Lipinski definition) is 5. The lowest BCUT2D eigenvalue weighted by atomic mass is 10.1. The summed E-state index contributed by atoms with van der Waals surface area (Å²) in [6.07, 6.45) is 4.74. The van der Waals surface area contributed by atoms with E-state index in [9.17, 15) is 9.59 Å². The standard InChI is InChI=1S/C23H23NO5/c25-21(12-8-16-7-11-19-20(15-16)28-14-4-13-27-19)29-22(17-5-2-1-3-6-17)23(26)24-18-9-10-18/h1-3,5-8,11-12,15,18,22H,4,9-10,13-14H2,(H,24,26)/b12-8+/t22-/m1/s1. The number of nitrogens with one attached hydrogen (secondary N) is 1. The molecule has 1 fully saturated rings. The number of hydrogen-bond donors (Lipinski definition) is 1. The third-order valence-corrected chi connectivity index (χ3v) is 4.68. The monoisotopic (exact) mass is 393 g/mol. The summed E-state index contributed by atoms with van der Waals surface area (Å²) in [6.45, 7) is 1.22. The zero-order valence-corrected chi connectivity index (χ0v) is 16.0. The Kier molecular flexibility index (Phi) is 5.79. The Labute approximate surface area is 169 Å². The minimum absolute atomic E-state index is 0.185. The van der Waals surface area contributed by atoms with Gasteiger partial charge in [-0.2, -0.15) is 0 Å². The Bertz CT molecular complexity index is 905. The van der Waals surface area contributed by atoms with Crippen molar-refractivity contribution >= 4 is 18.0 Å². The molecule has 29 heavy (non-hydrogen) atoms. The summed E-state index contributed by atoms with van der Waals surface area (Å²) in [5, 5.41) is 2.90. The van der Waals surface area contributed by atoms with Gasteiger partial charge in [-0.05, 0) is 36.6 Å². The predicted molar refractivity (Wildman–Crippen MR) is 108 cm³/mol. The van der Waals surface area contributed by atoms with Gasteiger partial charge in [-0.15, -0.1) is 0 Å². The Balaban J connectivity index is 1.44. The summed E-state index contributed by atoms with van der Waals surface area (Å²) < 4.78 is 16.8. The van der Waals surface area contributed by atoms with Crippen LogP contribution in [0.5, 0.6) is 11.5 Å². The van der Waals surface area contributed by atoms with Crippen LogP contribution in [0.25, 0.3) is 6.08 Å². The number of fused-ring (bicyclic) bond motifs is 1. The van der Waals surface area contributed by atoms with Gasteiger partial charge < -0.3 is 19.5 Å². The fraction of sp³-hybridized carbons (Fsp3) is 0.304. The summed E-state index contributed by atoms with van der Waals surface area (Å²) in [5.41, 5.74) is 1.42. The highest BCUT2D eigenvalue weighted by Gasteiger charge is 2.30. The van der Waals surface area contributed by atoms with Crippen molar-refractivity contribution < 1.29 is 23.8 Å². The molecular formula is C23H23NO5. The molecule has 0 spiro atoms. The maximum absolute atomic E-state index is 12.6. The van der Waals surface area contributed by atoms with Gasteiger partial charge in [0, 0.05) is 24.1 Å². The largest absolute Gasteiger partial charge is 0.490 e. The lowest BCUT2D eigenvalue weighted by Crippen LogP contribution is -2.33. The molecule has 1 heterocycles. The van der Waals surface area contributed by atoms with Crippen LogP contribution in [0.15, 0.2) is 54.6 Å². The van der Waals surface area contributed by atoms with Crippen molar-refractivity contribution in [1.82, 2.24) is 5.32 Å². The van der Waals surface area contributed by atoms with Crippen LogP contribution in [0.2, 0.25) is 0 Å². The first kappa shape index (κ1) is 19.1. The zero-order chi connectivity index (χ0) is 20.1.